The molecule has 0 radical (unpaired) electrons. The standard InChI is InChI=1S/C20H32O4/c1-2-3-13-16-19(24-23)17-14-11-9-7-5-4-6-8-10-12-15-18-20(21)22/h4-5,8-11,14,17,19,23H,2-3,6-7,12-13,15-16,18H2,1H3,(H,21,22)/b5-4-,10-8-,11-9-,17-14+/t19-/m0/s1. The monoisotopic (exact) mass is 336 g/mol. The zero-order chi connectivity index (χ0) is 17.9. The van der Waals surface area contributed by atoms with Gasteiger partial charge >= 0.3 is 5.97 Å². The van der Waals surface area contributed by atoms with Crippen molar-refractivity contribution in [1.29, 1.82) is 0 Å². The number of allylic oxidation sites excluding steroid dienone is 7. The smallest absolute Gasteiger partial charge is 0.303 e. The van der Waals surface area contributed by atoms with E-state index in [1.54, 1.807) is 0 Å². The molecule has 0 aromatic rings. The lowest BCUT2D eigenvalue weighted by atomic mass is 10.1. The molecule has 0 aliphatic rings. The van der Waals surface area contributed by atoms with Crippen molar-refractivity contribution >= 4 is 5.97 Å². The molecule has 0 aliphatic carbocycles. The number of carbonyl (C=O) groups is 1. The topological polar surface area (TPSA) is 66.8 Å². The van der Waals surface area contributed by atoms with Crippen LogP contribution in [0.15, 0.2) is 48.6 Å². The Morgan fingerprint density at radius 2 is 1.71 bits per heavy atom. The van der Waals surface area contributed by atoms with Crippen LogP contribution in [0.25, 0.3) is 0 Å². The first-order valence-corrected chi connectivity index (χ1v) is 8.86. The molecule has 0 spiro atoms. The SMILES string of the molecule is CCCCC[C@@H](/C=C/C=C\C/C=C\C/C=C\CCCC(=O)O)OO. The van der Waals surface area contributed by atoms with Gasteiger partial charge in [0.25, 0.3) is 0 Å². The van der Waals surface area contributed by atoms with Crippen molar-refractivity contribution in [3.8, 4) is 0 Å². The van der Waals surface area contributed by atoms with Gasteiger partial charge in [0.05, 0.1) is 0 Å². The Bertz CT molecular complexity index is 408. The Hall–Kier alpha value is -1.65. The van der Waals surface area contributed by atoms with Gasteiger partial charge in [-0.1, -0.05) is 74.8 Å². The Labute approximate surface area is 146 Å². The van der Waals surface area contributed by atoms with Gasteiger partial charge in [-0.2, -0.15) is 0 Å². The van der Waals surface area contributed by atoms with Crippen LogP contribution in [0.3, 0.4) is 0 Å². The maximum Gasteiger partial charge on any atom is 0.303 e. The van der Waals surface area contributed by atoms with E-state index in [0.29, 0.717) is 6.42 Å². The molecular formula is C20H32O4. The molecule has 4 heteroatoms. The summed E-state index contributed by atoms with van der Waals surface area (Å²) in [5.41, 5.74) is 0. The second kappa shape index (κ2) is 17.7. The Balaban J connectivity index is 3.70. The third kappa shape index (κ3) is 16.7. The average Bonchev–Trinajstić information content (AvgIpc) is 2.57. The van der Waals surface area contributed by atoms with Crippen molar-refractivity contribution in [3.05, 3.63) is 48.6 Å². The fourth-order valence-corrected chi connectivity index (χ4v) is 2.06. The van der Waals surface area contributed by atoms with Crippen LogP contribution in [0.1, 0.15) is 64.7 Å². The fraction of sp³-hybridized carbons (Fsp3) is 0.550. The van der Waals surface area contributed by atoms with Crippen molar-refractivity contribution in [2.45, 2.75) is 70.8 Å². The molecule has 0 saturated carbocycles. The van der Waals surface area contributed by atoms with Crippen LogP contribution >= 0.6 is 0 Å². The summed E-state index contributed by atoms with van der Waals surface area (Å²) in [6, 6.07) is 0. The number of carboxylic acids is 1. The van der Waals surface area contributed by atoms with E-state index in [2.05, 4.69) is 30.0 Å². The summed E-state index contributed by atoms with van der Waals surface area (Å²) in [5.74, 6) is -0.734. The Morgan fingerprint density at radius 1 is 1.00 bits per heavy atom. The molecule has 0 unspecified atom stereocenters. The van der Waals surface area contributed by atoms with Gasteiger partial charge in [-0.25, -0.2) is 4.89 Å². The number of aliphatic carboxylic acids is 1. The van der Waals surface area contributed by atoms with E-state index < -0.39 is 5.97 Å². The summed E-state index contributed by atoms with van der Waals surface area (Å²) in [6.07, 6.45) is 23.5. The van der Waals surface area contributed by atoms with E-state index >= 15 is 0 Å². The summed E-state index contributed by atoms with van der Waals surface area (Å²) in [6.45, 7) is 2.15. The van der Waals surface area contributed by atoms with Gasteiger partial charge in [-0.15, -0.1) is 0 Å². The fourth-order valence-electron chi connectivity index (χ4n) is 2.06. The molecule has 0 heterocycles. The molecule has 0 fully saturated rings. The number of rotatable bonds is 15. The summed E-state index contributed by atoms with van der Waals surface area (Å²) in [4.78, 5) is 14.8. The minimum absolute atomic E-state index is 0.219. The minimum Gasteiger partial charge on any atom is -0.481 e. The highest BCUT2D eigenvalue weighted by molar-refractivity contribution is 5.66. The van der Waals surface area contributed by atoms with Crippen LogP contribution < -0.4 is 0 Å². The van der Waals surface area contributed by atoms with E-state index in [4.69, 9.17) is 10.4 Å². The van der Waals surface area contributed by atoms with Crippen LogP contribution in [0.5, 0.6) is 0 Å². The highest BCUT2D eigenvalue weighted by atomic mass is 17.1. The summed E-state index contributed by atoms with van der Waals surface area (Å²) in [5, 5.41) is 17.3. The zero-order valence-corrected chi connectivity index (χ0v) is 14.8. The maximum absolute atomic E-state index is 10.3. The molecule has 24 heavy (non-hydrogen) atoms. The van der Waals surface area contributed by atoms with Crippen LogP contribution in [-0.4, -0.2) is 22.4 Å². The maximum atomic E-state index is 10.3. The van der Waals surface area contributed by atoms with E-state index in [1.165, 1.54) is 0 Å². The molecule has 0 saturated heterocycles. The molecule has 136 valence electrons. The van der Waals surface area contributed by atoms with Crippen molar-refractivity contribution in [2.75, 3.05) is 0 Å². The first-order valence-electron chi connectivity index (χ1n) is 8.86. The van der Waals surface area contributed by atoms with E-state index in [9.17, 15) is 4.79 Å². The number of hydrogen-bond donors (Lipinski definition) is 2. The molecular weight excluding hydrogens is 304 g/mol. The van der Waals surface area contributed by atoms with Crippen LogP contribution in [0.4, 0.5) is 0 Å². The second-order valence-corrected chi connectivity index (χ2v) is 5.65. The van der Waals surface area contributed by atoms with E-state index in [0.717, 1.165) is 44.9 Å². The molecule has 2 N–H and O–H groups in total. The lowest BCUT2D eigenvalue weighted by Crippen LogP contribution is -2.06. The molecule has 1 atom stereocenters. The van der Waals surface area contributed by atoms with Gasteiger partial charge in [0.15, 0.2) is 0 Å². The van der Waals surface area contributed by atoms with E-state index in [1.807, 2.05) is 30.4 Å². The third-order valence-electron chi connectivity index (χ3n) is 3.44. The normalized spacial score (nSPS) is 13.8. The van der Waals surface area contributed by atoms with Gasteiger partial charge in [0, 0.05) is 6.42 Å². The molecule has 0 aliphatic heterocycles. The van der Waals surface area contributed by atoms with Crippen molar-refractivity contribution in [2.24, 2.45) is 0 Å². The predicted molar refractivity (Wildman–Crippen MR) is 98.9 cm³/mol. The predicted octanol–water partition coefficient (Wildman–Crippen LogP) is 5.68. The van der Waals surface area contributed by atoms with Gasteiger partial charge in [-0.3, -0.25) is 10.1 Å². The zero-order valence-electron chi connectivity index (χ0n) is 14.8. The van der Waals surface area contributed by atoms with E-state index in [-0.39, 0.29) is 12.5 Å². The molecule has 0 amide bonds. The van der Waals surface area contributed by atoms with Crippen molar-refractivity contribution in [1.82, 2.24) is 0 Å². The lowest BCUT2D eigenvalue weighted by Gasteiger charge is -2.07. The highest BCUT2D eigenvalue weighted by Gasteiger charge is 2.02. The minimum atomic E-state index is -0.734. The first kappa shape index (κ1) is 22.4. The summed E-state index contributed by atoms with van der Waals surface area (Å²) < 4.78 is 0. The van der Waals surface area contributed by atoms with Gasteiger partial charge in [0.1, 0.15) is 6.10 Å². The van der Waals surface area contributed by atoms with Gasteiger partial charge in [-0.05, 0) is 32.1 Å². The quantitative estimate of drug-likeness (QED) is 0.133. The molecule has 0 rings (SSSR count). The number of hydrogen-bond acceptors (Lipinski definition) is 3. The third-order valence-corrected chi connectivity index (χ3v) is 3.44. The molecule has 0 bridgehead atoms. The first-order chi connectivity index (χ1) is 11.7. The number of unbranched alkanes of at least 4 members (excludes halogenated alkanes) is 3. The van der Waals surface area contributed by atoms with Crippen LogP contribution in [0, 0.1) is 0 Å². The average molecular weight is 336 g/mol. The summed E-state index contributed by atoms with van der Waals surface area (Å²) >= 11 is 0. The van der Waals surface area contributed by atoms with Crippen molar-refractivity contribution in [3.63, 3.8) is 0 Å². The number of carboxylic acid groups (broad SMARTS) is 1. The van der Waals surface area contributed by atoms with Gasteiger partial charge < -0.3 is 5.11 Å². The van der Waals surface area contributed by atoms with Crippen molar-refractivity contribution < 1.29 is 20.0 Å². The van der Waals surface area contributed by atoms with Crippen LogP contribution in [0.2, 0.25) is 0 Å². The largest absolute Gasteiger partial charge is 0.481 e. The summed E-state index contributed by atoms with van der Waals surface area (Å²) in [7, 11) is 0. The Kier molecular flexibility index (Phi) is 16.5. The molecule has 4 nitrogen and oxygen atoms in total. The van der Waals surface area contributed by atoms with Crippen LogP contribution in [-0.2, 0) is 9.68 Å². The van der Waals surface area contributed by atoms with Gasteiger partial charge in [0.2, 0.25) is 0 Å². The lowest BCUT2D eigenvalue weighted by molar-refractivity contribution is -0.267. The highest BCUT2D eigenvalue weighted by Crippen LogP contribution is 2.07. The second-order valence-electron chi connectivity index (χ2n) is 5.65. The molecule has 0 aromatic heterocycles. The molecule has 0 aromatic carbocycles. The Morgan fingerprint density at radius 3 is 2.38 bits per heavy atom.